The summed E-state index contributed by atoms with van der Waals surface area (Å²) in [5.41, 5.74) is -4.06. The minimum atomic E-state index is -1.86. The molecule has 0 spiro atoms. The van der Waals surface area contributed by atoms with Gasteiger partial charge >= 0.3 is 5.97 Å². The second-order valence-electron chi connectivity index (χ2n) is 19.6. The van der Waals surface area contributed by atoms with Gasteiger partial charge in [0, 0.05) is 19.3 Å². The Bertz CT molecular complexity index is 1800. The number of phenolic OH excluding ortho intramolecular Hbond substituents is 1. The van der Waals surface area contributed by atoms with Gasteiger partial charge in [-0.3, -0.25) is 9.59 Å². The number of fused-ring (bicyclic) bond motifs is 5. The Morgan fingerprint density at radius 2 is 1.51 bits per heavy atom. The molecule has 0 aromatic heterocycles. The Morgan fingerprint density at radius 3 is 2.11 bits per heavy atom. The number of Topliss-reactive ketones (excluding diaryl/α,β-unsaturated/α-hetero) is 1. The molecule has 18 nitrogen and oxygen atoms in total. The van der Waals surface area contributed by atoms with Crippen LogP contribution in [0, 0.1) is 29.6 Å². The summed E-state index contributed by atoms with van der Waals surface area (Å²) in [5.74, 6) is -2.50. The molecule has 5 aliphatic rings. The van der Waals surface area contributed by atoms with Crippen molar-refractivity contribution < 1.29 is 89.4 Å². The van der Waals surface area contributed by atoms with E-state index in [9.17, 15) is 65.8 Å². The van der Waals surface area contributed by atoms with Crippen molar-refractivity contribution in [1.29, 1.82) is 0 Å². The number of aliphatic hydroxyl groups excluding tert-OH is 9. The fourth-order valence-corrected chi connectivity index (χ4v) is 11.8. The van der Waals surface area contributed by atoms with Crippen LogP contribution < -0.4 is 4.74 Å². The summed E-state index contributed by atoms with van der Waals surface area (Å²) in [6.45, 7) is 12.3. The first-order valence-corrected chi connectivity index (χ1v) is 21.1. The van der Waals surface area contributed by atoms with Gasteiger partial charge in [0.15, 0.2) is 17.8 Å². The Kier molecular flexibility index (Phi) is 13.2. The van der Waals surface area contributed by atoms with E-state index in [1.807, 2.05) is 20.8 Å². The van der Waals surface area contributed by atoms with Crippen LogP contribution in [0.15, 0.2) is 6.07 Å². The molecule has 18 unspecified atom stereocenters. The lowest BCUT2D eigenvalue weighted by Gasteiger charge is -2.62. The topological polar surface area (TPSA) is 303 Å². The molecule has 0 bridgehead atoms. The van der Waals surface area contributed by atoms with Crippen LogP contribution in [-0.4, -0.2) is 166 Å². The highest BCUT2D eigenvalue weighted by molar-refractivity contribution is 5.93. The SMILES string of the molecule is CC(=O)OC(C)(C)CCC(O)C(C)(O)C1C(O)CC2(C)C3CCc4c(cc(OC5OC(COC6OC(CO)C(O)C(O)C6O)C(O)C(O)C5O)c(O)c4C)C3(C)C(=O)CC12C. The van der Waals surface area contributed by atoms with Crippen molar-refractivity contribution in [3.63, 3.8) is 0 Å². The Morgan fingerprint density at radius 1 is 0.918 bits per heavy atom. The zero-order chi connectivity index (χ0) is 45.5. The highest BCUT2D eigenvalue weighted by Gasteiger charge is 2.73. The van der Waals surface area contributed by atoms with E-state index in [-0.39, 0.29) is 43.0 Å². The molecule has 1 aromatic rings. The van der Waals surface area contributed by atoms with E-state index in [0.717, 1.165) is 0 Å². The molecule has 4 fully saturated rings. The maximum atomic E-state index is 14.9. The Balaban J connectivity index is 1.26. The molecule has 3 aliphatic carbocycles. The number of carbonyl (C=O) groups is 2. The molecule has 61 heavy (non-hydrogen) atoms. The molecule has 2 aliphatic heterocycles. The summed E-state index contributed by atoms with van der Waals surface area (Å²) >= 11 is 0. The lowest BCUT2D eigenvalue weighted by molar-refractivity contribution is -0.323. The zero-order valence-electron chi connectivity index (χ0n) is 36.1. The van der Waals surface area contributed by atoms with E-state index in [4.69, 9.17) is 23.7 Å². The summed E-state index contributed by atoms with van der Waals surface area (Å²) in [6.07, 6.45) is -17.7. The number of rotatable bonds is 12. The minimum Gasteiger partial charge on any atom is -0.504 e. The third-order valence-corrected chi connectivity index (χ3v) is 15.4. The van der Waals surface area contributed by atoms with Gasteiger partial charge in [-0.1, -0.05) is 13.8 Å². The van der Waals surface area contributed by atoms with Gasteiger partial charge in [0.05, 0.1) is 36.4 Å². The normalized spacial score (nSPS) is 42.8. The highest BCUT2D eigenvalue weighted by Crippen LogP contribution is 2.72. The first-order valence-electron chi connectivity index (χ1n) is 21.1. The van der Waals surface area contributed by atoms with Gasteiger partial charge in [-0.25, -0.2) is 0 Å². The number of aromatic hydroxyl groups is 1. The highest BCUT2D eigenvalue weighted by atomic mass is 16.7. The molecular weight excluding hydrogens is 804 g/mol. The number of ketones is 1. The van der Waals surface area contributed by atoms with Crippen molar-refractivity contribution in [2.45, 2.75) is 184 Å². The third kappa shape index (κ3) is 7.91. The van der Waals surface area contributed by atoms with E-state index in [1.165, 1.54) is 19.9 Å². The fourth-order valence-electron chi connectivity index (χ4n) is 11.8. The van der Waals surface area contributed by atoms with Crippen LogP contribution in [0.1, 0.15) is 97.3 Å². The van der Waals surface area contributed by atoms with Gasteiger partial charge in [0.2, 0.25) is 6.29 Å². The third-order valence-electron chi connectivity index (χ3n) is 15.4. The van der Waals surface area contributed by atoms with Crippen LogP contribution in [0.25, 0.3) is 0 Å². The molecular formula is C43H66O18. The molecule has 0 radical (unpaired) electrons. The smallest absolute Gasteiger partial charge is 0.303 e. The van der Waals surface area contributed by atoms with Crippen LogP contribution in [0.4, 0.5) is 0 Å². The number of hydrogen-bond acceptors (Lipinski definition) is 18. The zero-order valence-corrected chi connectivity index (χ0v) is 36.1. The molecule has 18 heteroatoms. The van der Waals surface area contributed by atoms with Gasteiger partial charge in [-0.2, -0.15) is 0 Å². The van der Waals surface area contributed by atoms with Gasteiger partial charge in [0.25, 0.3) is 0 Å². The molecule has 1 aromatic carbocycles. The predicted octanol–water partition coefficient (Wildman–Crippen LogP) is -0.876. The standard InChI is InChI=1S/C43H66O18/c1-18-20-9-10-26-40(5)14-22(46)36(43(8,56)27(47)11-12-39(3,4)61-19(2)45)41(40,6)15-28(48)42(26,7)21(20)13-23(29(18)49)58-38-35(55)33(53)31(51)25(60-38)17-57-37-34(54)32(52)30(50)24(16-44)59-37/h13,22,24-27,30-38,44,46-47,49-56H,9-12,14-17H2,1-8H3. The van der Waals surface area contributed by atoms with E-state index >= 15 is 0 Å². The van der Waals surface area contributed by atoms with Gasteiger partial charge < -0.3 is 79.9 Å². The quantitative estimate of drug-likeness (QED) is 0.114. The Labute approximate surface area is 355 Å². The number of carbonyl (C=O) groups excluding carboxylic acids is 2. The molecule has 2 saturated heterocycles. The van der Waals surface area contributed by atoms with Crippen molar-refractivity contribution in [3.05, 3.63) is 22.8 Å². The molecule has 6 rings (SSSR count). The molecule has 2 saturated carbocycles. The summed E-state index contributed by atoms with van der Waals surface area (Å²) in [4.78, 5) is 26.6. The van der Waals surface area contributed by atoms with Crippen molar-refractivity contribution in [1.82, 2.24) is 0 Å². The number of phenols is 1. The first-order chi connectivity index (χ1) is 28.2. The van der Waals surface area contributed by atoms with E-state index in [2.05, 4.69) is 0 Å². The molecule has 2 heterocycles. The van der Waals surface area contributed by atoms with Crippen molar-refractivity contribution in [3.8, 4) is 11.5 Å². The fraction of sp³-hybridized carbons (Fsp3) is 0.814. The van der Waals surface area contributed by atoms with Gasteiger partial charge in [-0.05, 0) is 106 Å². The first kappa shape index (κ1) is 47.9. The summed E-state index contributed by atoms with van der Waals surface area (Å²) in [7, 11) is 0. The van der Waals surface area contributed by atoms with Crippen molar-refractivity contribution >= 4 is 11.8 Å². The van der Waals surface area contributed by atoms with Crippen LogP contribution >= 0.6 is 0 Å². The van der Waals surface area contributed by atoms with Crippen molar-refractivity contribution in [2.75, 3.05) is 13.2 Å². The van der Waals surface area contributed by atoms with Crippen molar-refractivity contribution in [2.24, 2.45) is 22.7 Å². The molecule has 346 valence electrons. The minimum absolute atomic E-state index is 0.0543. The molecule has 11 N–H and O–H groups in total. The maximum absolute atomic E-state index is 14.9. The monoisotopic (exact) mass is 870 g/mol. The summed E-state index contributed by atoms with van der Waals surface area (Å²) < 4.78 is 28.2. The second kappa shape index (κ2) is 16.8. The van der Waals surface area contributed by atoms with Gasteiger partial charge in [-0.15, -0.1) is 0 Å². The van der Waals surface area contributed by atoms with Crippen LogP contribution in [0.3, 0.4) is 0 Å². The average Bonchev–Trinajstić information content (AvgIpc) is 3.38. The average molecular weight is 871 g/mol. The van der Waals surface area contributed by atoms with Gasteiger partial charge in [0.1, 0.15) is 60.2 Å². The number of benzene rings is 1. The number of hydrogen-bond donors (Lipinski definition) is 11. The van der Waals surface area contributed by atoms with E-state index in [1.54, 1.807) is 20.8 Å². The second-order valence-corrected chi connectivity index (χ2v) is 19.6. The number of ether oxygens (including phenoxy) is 5. The number of aliphatic hydroxyl groups is 10. The summed E-state index contributed by atoms with van der Waals surface area (Å²) in [5, 5.41) is 120. The lowest BCUT2D eigenvalue weighted by atomic mass is 9.41. The maximum Gasteiger partial charge on any atom is 0.303 e. The van der Waals surface area contributed by atoms with E-state index < -0.39 is 132 Å². The van der Waals surface area contributed by atoms with E-state index in [0.29, 0.717) is 29.5 Å². The lowest BCUT2D eigenvalue weighted by Crippen LogP contribution is -2.64. The molecule has 0 amide bonds. The predicted molar refractivity (Wildman–Crippen MR) is 211 cm³/mol. The van der Waals surface area contributed by atoms with Crippen LogP contribution in [-0.2, 0) is 40.4 Å². The number of esters is 1. The largest absolute Gasteiger partial charge is 0.504 e. The van der Waals surface area contributed by atoms with Crippen LogP contribution in [0.2, 0.25) is 0 Å². The summed E-state index contributed by atoms with van der Waals surface area (Å²) in [6, 6.07) is 1.51. The molecule has 18 atom stereocenters. The van der Waals surface area contributed by atoms with Crippen LogP contribution in [0.5, 0.6) is 11.5 Å². The Hall–Kier alpha value is -2.56.